The normalized spacial score (nSPS) is 11.0. The molecule has 0 bridgehead atoms. The zero-order chi connectivity index (χ0) is 12.5. The standard InChI is InChI=1S/C14H12FN3/c1-10-6-7-18-14(8-10)16-13(17-18)9-11-2-4-12(15)5-3-11/h2-8H,9H2,1H3. The van der Waals surface area contributed by atoms with E-state index in [1.807, 2.05) is 25.3 Å². The molecule has 0 spiro atoms. The predicted octanol–water partition coefficient (Wildman–Crippen LogP) is 2.77. The van der Waals surface area contributed by atoms with E-state index in [9.17, 15) is 4.39 Å². The number of benzene rings is 1. The Balaban J connectivity index is 1.92. The molecule has 2 heterocycles. The number of hydrogen-bond acceptors (Lipinski definition) is 2. The highest BCUT2D eigenvalue weighted by atomic mass is 19.1. The average molecular weight is 241 g/mol. The van der Waals surface area contributed by atoms with E-state index in [2.05, 4.69) is 10.1 Å². The maximum Gasteiger partial charge on any atom is 0.156 e. The monoisotopic (exact) mass is 241 g/mol. The Morgan fingerprint density at radius 2 is 1.94 bits per heavy atom. The molecule has 2 aromatic heterocycles. The van der Waals surface area contributed by atoms with E-state index >= 15 is 0 Å². The highest BCUT2D eigenvalue weighted by Crippen LogP contribution is 2.10. The molecule has 4 heteroatoms. The van der Waals surface area contributed by atoms with Crippen molar-refractivity contribution in [3.8, 4) is 0 Å². The lowest BCUT2D eigenvalue weighted by molar-refractivity contribution is 0.627. The van der Waals surface area contributed by atoms with Gasteiger partial charge in [0.05, 0.1) is 0 Å². The number of hydrogen-bond donors (Lipinski definition) is 0. The minimum Gasteiger partial charge on any atom is -0.221 e. The van der Waals surface area contributed by atoms with E-state index in [1.165, 1.54) is 12.1 Å². The molecule has 0 amide bonds. The van der Waals surface area contributed by atoms with Gasteiger partial charge in [-0.1, -0.05) is 12.1 Å². The Hall–Kier alpha value is -2.23. The van der Waals surface area contributed by atoms with Crippen LogP contribution in [0.5, 0.6) is 0 Å². The molecule has 18 heavy (non-hydrogen) atoms. The van der Waals surface area contributed by atoms with Crippen molar-refractivity contribution in [2.45, 2.75) is 13.3 Å². The van der Waals surface area contributed by atoms with Gasteiger partial charge in [-0.15, -0.1) is 0 Å². The summed E-state index contributed by atoms with van der Waals surface area (Å²) >= 11 is 0. The van der Waals surface area contributed by atoms with Crippen LogP contribution in [0.4, 0.5) is 4.39 Å². The van der Waals surface area contributed by atoms with Gasteiger partial charge in [0.1, 0.15) is 5.82 Å². The minimum absolute atomic E-state index is 0.225. The summed E-state index contributed by atoms with van der Waals surface area (Å²) in [5, 5.41) is 4.38. The van der Waals surface area contributed by atoms with E-state index in [-0.39, 0.29) is 5.82 Å². The lowest BCUT2D eigenvalue weighted by atomic mass is 10.1. The molecule has 0 saturated carbocycles. The van der Waals surface area contributed by atoms with Crippen LogP contribution in [-0.2, 0) is 6.42 Å². The molecule has 0 N–H and O–H groups in total. The van der Waals surface area contributed by atoms with Crippen molar-refractivity contribution >= 4 is 5.65 Å². The van der Waals surface area contributed by atoms with Crippen LogP contribution in [0.25, 0.3) is 5.65 Å². The average Bonchev–Trinajstić information content (AvgIpc) is 2.73. The fourth-order valence-corrected chi connectivity index (χ4v) is 1.89. The molecule has 3 nitrogen and oxygen atoms in total. The van der Waals surface area contributed by atoms with Crippen molar-refractivity contribution in [2.24, 2.45) is 0 Å². The van der Waals surface area contributed by atoms with E-state index in [1.54, 1.807) is 16.6 Å². The first-order valence-electron chi connectivity index (χ1n) is 5.77. The van der Waals surface area contributed by atoms with Gasteiger partial charge >= 0.3 is 0 Å². The summed E-state index contributed by atoms with van der Waals surface area (Å²) in [4.78, 5) is 4.45. The molecule has 0 radical (unpaired) electrons. The quantitative estimate of drug-likeness (QED) is 0.690. The lowest BCUT2D eigenvalue weighted by Crippen LogP contribution is -1.92. The molecule has 90 valence electrons. The highest BCUT2D eigenvalue weighted by Gasteiger charge is 2.04. The molecule has 0 aliphatic heterocycles. The smallest absolute Gasteiger partial charge is 0.156 e. The summed E-state index contributed by atoms with van der Waals surface area (Å²) in [5.41, 5.74) is 3.00. The Labute approximate surface area is 104 Å². The van der Waals surface area contributed by atoms with Gasteiger partial charge < -0.3 is 0 Å². The van der Waals surface area contributed by atoms with Gasteiger partial charge in [0, 0.05) is 12.6 Å². The molecule has 3 rings (SSSR count). The maximum atomic E-state index is 12.8. The predicted molar refractivity (Wildman–Crippen MR) is 66.9 cm³/mol. The third kappa shape index (κ3) is 2.09. The Kier molecular flexibility index (Phi) is 2.55. The van der Waals surface area contributed by atoms with E-state index in [0.29, 0.717) is 6.42 Å². The Morgan fingerprint density at radius 1 is 1.17 bits per heavy atom. The molecular formula is C14H12FN3. The van der Waals surface area contributed by atoms with Crippen LogP contribution in [0.3, 0.4) is 0 Å². The van der Waals surface area contributed by atoms with Gasteiger partial charge in [-0.2, -0.15) is 5.10 Å². The van der Waals surface area contributed by atoms with Crippen molar-refractivity contribution in [3.05, 3.63) is 65.4 Å². The number of nitrogens with zero attached hydrogens (tertiary/aromatic N) is 3. The molecule has 3 aromatic rings. The van der Waals surface area contributed by atoms with Crippen LogP contribution in [-0.4, -0.2) is 14.6 Å². The van der Waals surface area contributed by atoms with Crippen LogP contribution in [0.15, 0.2) is 42.6 Å². The lowest BCUT2D eigenvalue weighted by Gasteiger charge is -1.95. The summed E-state index contributed by atoms with van der Waals surface area (Å²) < 4.78 is 14.6. The molecule has 0 atom stereocenters. The van der Waals surface area contributed by atoms with Gasteiger partial charge in [0.15, 0.2) is 11.5 Å². The highest BCUT2D eigenvalue weighted by molar-refractivity contribution is 5.40. The second-order valence-electron chi connectivity index (χ2n) is 4.34. The molecule has 0 aliphatic carbocycles. The van der Waals surface area contributed by atoms with E-state index in [4.69, 9.17) is 0 Å². The van der Waals surface area contributed by atoms with Crippen LogP contribution >= 0.6 is 0 Å². The number of pyridine rings is 1. The summed E-state index contributed by atoms with van der Waals surface area (Å²) in [6.07, 6.45) is 2.51. The van der Waals surface area contributed by atoms with Crippen molar-refractivity contribution in [2.75, 3.05) is 0 Å². The second-order valence-corrected chi connectivity index (χ2v) is 4.34. The molecule has 0 saturated heterocycles. The van der Waals surface area contributed by atoms with Crippen molar-refractivity contribution in [3.63, 3.8) is 0 Å². The summed E-state index contributed by atoms with van der Waals surface area (Å²) in [5.74, 6) is 0.518. The van der Waals surface area contributed by atoms with Gasteiger partial charge in [0.25, 0.3) is 0 Å². The van der Waals surface area contributed by atoms with Gasteiger partial charge in [0.2, 0.25) is 0 Å². The zero-order valence-electron chi connectivity index (χ0n) is 9.97. The Morgan fingerprint density at radius 3 is 2.72 bits per heavy atom. The summed E-state index contributed by atoms with van der Waals surface area (Å²) in [6, 6.07) is 10.4. The first kappa shape index (κ1) is 10.9. The molecule has 0 fully saturated rings. The Bertz CT molecular complexity index is 686. The number of aryl methyl sites for hydroxylation is 1. The van der Waals surface area contributed by atoms with Crippen molar-refractivity contribution in [1.29, 1.82) is 0 Å². The van der Waals surface area contributed by atoms with Crippen molar-refractivity contribution in [1.82, 2.24) is 14.6 Å². The van der Waals surface area contributed by atoms with Crippen molar-refractivity contribution < 1.29 is 4.39 Å². The maximum absolute atomic E-state index is 12.8. The number of fused-ring (bicyclic) bond motifs is 1. The fourth-order valence-electron chi connectivity index (χ4n) is 1.89. The molecule has 0 aliphatic rings. The van der Waals surface area contributed by atoms with Gasteiger partial charge in [-0.05, 0) is 42.3 Å². The molecular weight excluding hydrogens is 229 g/mol. The molecule has 1 aromatic carbocycles. The van der Waals surface area contributed by atoms with Crippen LogP contribution in [0, 0.1) is 12.7 Å². The zero-order valence-corrected chi connectivity index (χ0v) is 9.97. The summed E-state index contributed by atoms with van der Waals surface area (Å²) in [6.45, 7) is 2.02. The second kappa shape index (κ2) is 4.22. The summed E-state index contributed by atoms with van der Waals surface area (Å²) in [7, 11) is 0. The first-order valence-corrected chi connectivity index (χ1v) is 5.77. The minimum atomic E-state index is -0.225. The van der Waals surface area contributed by atoms with Gasteiger partial charge in [-0.25, -0.2) is 13.9 Å². The largest absolute Gasteiger partial charge is 0.221 e. The van der Waals surface area contributed by atoms with E-state index < -0.39 is 0 Å². The van der Waals surface area contributed by atoms with Gasteiger partial charge in [-0.3, -0.25) is 0 Å². The fraction of sp³-hybridized carbons (Fsp3) is 0.143. The number of aromatic nitrogens is 3. The SMILES string of the molecule is Cc1ccn2nc(Cc3ccc(F)cc3)nc2c1. The van der Waals surface area contributed by atoms with Crippen LogP contribution < -0.4 is 0 Å². The number of halogens is 1. The van der Waals surface area contributed by atoms with Crippen LogP contribution in [0.1, 0.15) is 17.0 Å². The first-order chi connectivity index (χ1) is 8.70. The van der Waals surface area contributed by atoms with Crippen LogP contribution in [0.2, 0.25) is 0 Å². The molecule has 0 unspecified atom stereocenters. The van der Waals surface area contributed by atoms with E-state index in [0.717, 1.165) is 22.6 Å². The number of rotatable bonds is 2. The third-order valence-corrected chi connectivity index (χ3v) is 2.81. The topological polar surface area (TPSA) is 30.2 Å². The third-order valence-electron chi connectivity index (χ3n) is 2.81.